The first-order chi connectivity index (χ1) is 7.24. The van der Waals surface area contributed by atoms with Crippen molar-refractivity contribution >= 4 is 23.2 Å². The van der Waals surface area contributed by atoms with Gasteiger partial charge in [-0.05, 0) is 19.1 Å². The van der Waals surface area contributed by atoms with Crippen LogP contribution in [0.1, 0.15) is 5.56 Å². The van der Waals surface area contributed by atoms with E-state index in [4.69, 9.17) is 11.6 Å². The fourth-order valence-corrected chi connectivity index (χ4v) is 1.24. The Morgan fingerprint density at radius 1 is 1.07 bits per heavy atom. The highest BCUT2D eigenvalue weighted by Gasteiger charge is 1.96. The number of benzene rings is 1. The van der Waals surface area contributed by atoms with Crippen LogP contribution >= 0.6 is 11.6 Å². The quantitative estimate of drug-likeness (QED) is 0.843. The van der Waals surface area contributed by atoms with Crippen molar-refractivity contribution in [3.05, 3.63) is 47.2 Å². The molecule has 0 saturated carbocycles. The summed E-state index contributed by atoms with van der Waals surface area (Å²) < 4.78 is 0. The third kappa shape index (κ3) is 2.67. The number of anilines is 2. The number of rotatable bonds is 2. The molecule has 3 nitrogen and oxygen atoms in total. The average Bonchev–Trinajstić information content (AvgIpc) is 2.25. The minimum atomic E-state index is 0.532. The highest BCUT2D eigenvalue weighted by Crippen LogP contribution is 2.14. The van der Waals surface area contributed by atoms with Gasteiger partial charge < -0.3 is 5.32 Å². The van der Waals surface area contributed by atoms with Gasteiger partial charge in [0.05, 0.1) is 17.4 Å². The molecule has 0 bridgehead atoms. The summed E-state index contributed by atoms with van der Waals surface area (Å²) in [5, 5.41) is 3.61. The topological polar surface area (TPSA) is 37.8 Å². The largest absolute Gasteiger partial charge is 0.324 e. The van der Waals surface area contributed by atoms with Crippen LogP contribution in [-0.2, 0) is 0 Å². The standard InChI is InChI=1S/C11H10ClN3/c1-8-2-4-10(5-3-8)15-11-13-6-9(12)7-14-11/h2-7H,1H3,(H,13,14,15). The average molecular weight is 220 g/mol. The Morgan fingerprint density at radius 3 is 2.27 bits per heavy atom. The van der Waals surface area contributed by atoms with Gasteiger partial charge >= 0.3 is 0 Å². The lowest BCUT2D eigenvalue weighted by atomic mass is 10.2. The normalized spacial score (nSPS) is 10.0. The molecule has 2 rings (SSSR count). The van der Waals surface area contributed by atoms with Crippen molar-refractivity contribution in [3.63, 3.8) is 0 Å². The van der Waals surface area contributed by atoms with Crippen LogP contribution in [-0.4, -0.2) is 9.97 Å². The van der Waals surface area contributed by atoms with Gasteiger partial charge in [-0.1, -0.05) is 29.3 Å². The molecule has 0 spiro atoms. The van der Waals surface area contributed by atoms with E-state index in [0.717, 1.165) is 5.69 Å². The van der Waals surface area contributed by atoms with Crippen LogP contribution in [0.2, 0.25) is 5.02 Å². The van der Waals surface area contributed by atoms with Crippen LogP contribution < -0.4 is 5.32 Å². The summed E-state index contributed by atoms with van der Waals surface area (Å²) >= 11 is 5.68. The van der Waals surface area contributed by atoms with E-state index < -0.39 is 0 Å². The van der Waals surface area contributed by atoms with Crippen LogP contribution in [0.3, 0.4) is 0 Å². The van der Waals surface area contributed by atoms with Gasteiger partial charge in [0.2, 0.25) is 5.95 Å². The molecule has 1 aromatic heterocycles. The SMILES string of the molecule is Cc1ccc(Nc2ncc(Cl)cn2)cc1. The van der Waals surface area contributed by atoms with Crippen molar-refractivity contribution in [2.75, 3.05) is 5.32 Å². The van der Waals surface area contributed by atoms with Crippen molar-refractivity contribution in [2.24, 2.45) is 0 Å². The minimum Gasteiger partial charge on any atom is -0.324 e. The van der Waals surface area contributed by atoms with Crippen molar-refractivity contribution in [1.82, 2.24) is 9.97 Å². The van der Waals surface area contributed by atoms with Gasteiger partial charge in [-0.15, -0.1) is 0 Å². The van der Waals surface area contributed by atoms with E-state index in [1.54, 1.807) is 12.4 Å². The second-order valence-electron chi connectivity index (χ2n) is 3.22. The van der Waals surface area contributed by atoms with E-state index in [2.05, 4.69) is 15.3 Å². The van der Waals surface area contributed by atoms with E-state index in [9.17, 15) is 0 Å². The fraction of sp³-hybridized carbons (Fsp3) is 0.0909. The lowest BCUT2D eigenvalue weighted by molar-refractivity contribution is 1.17. The molecule has 0 aliphatic heterocycles. The molecule has 0 aliphatic rings. The van der Waals surface area contributed by atoms with Gasteiger partial charge in [0.25, 0.3) is 0 Å². The molecule has 4 heteroatoms. The van der Waals surface area contributed by atoms with Gasteiger partial charge in [0, 0.05) is 5.69 Å². The van der Waals surface area contributed by atoms with E-state index in [1.807, 2.05) is 31.2 Å². The molecule has 2 aromatic rings. The summed E-state index contributed by atoms with van der Waals surface area (Å²) in [7, 11) is 0. The first-order valence-corrected chi connectivity index (χ1v) is 4.93. The van der Waals surface area contributed by atoms with E-state index >= 15 is 0 Å². The molecule has 0 atom stereocenters. The highest BCUT2D eigenvalue weighted by molar-refractivity contribution is 6.30. The smallest absolute Gasteiger partial charge is 0.227 e. The minimum absolute atomic E-state index is 0.532. The van der Waals surface area contributed by atoms with Crippen LogP contribution in [0.25, 0.3) is 0 Å². The maximum absolute atomic E-state index is 5.68. The molecule has 1 N–H and O–H groups in total. The van der Waals surface area contributed by atoms with Crippen LogP contribution in [0.15, 0.2) is 36.7 Å². The van der Waals surface area contributed by atoms with Gasteiger partial charge in [-0.25, -0.2) is 9.97 Å². The molecule has 76 valence electrons. The molecule has 15 heavy (non-hydrogen) atoms. The van der Waals surface area contributed by atoms with Crippen LogP contribution in [0.5, 0.6) is 0 Å². The fourth-order valence-electron chi connectivity index (χ4n) is 1.14. The summed E-state index contributed by atoms with van der Waals surface area (Å²) in [5.41, 5.74) is 2.18. The van der Waals surface area contributed by atoms with E-state index in [-0.39, 0.29) is 0 Å². The maximum Gasteiger partial charge on any atom is 0.227 e. The van der Waals surface area contributed by atoms with Crippen LogP contribution in [0, 0.1) is 6.92 Å². The molecule has 0 saturated heterocycles. The summed E-state index contributed by atoms with van der Waals surface area (Å²) in [6, 6.07) is 8.01. The van der Waals surface area contributed by atoms with Crippen molar-refractivity contribution in [3.8, 4) is 0 Å². The predicted molar refractivity (Wildman–Crippen MR) is 61.5 cm³/mol. The summed E-state index contributed by atoms with van der Waals surface area (Å²) in [5.74, 6) is 0.545. The Morgan fingerprint density at radius 2 is 1.67 bits per heavy atom. The molecule has 0 unspecified atom stereocenters. The second kappa shape index (κ2) is 4.28. The Bertz CT molecular complexity index is 393. The number of nitrogens with zero attached hydrogens (tertiary/aromatic N) is 2. The zero-order valence-electron chi connectivity index (χ0n) is 8.24. The summed E-state index contributed by atoms with van der Waals surface area (Å²) in [6.45, 7) is 2.04. The zero-order chi connectivity index (χ0) is 10.7. The highest BCUT2D eigenvalue weighted by atomic mass is 35.5. The third-order valence-electron chi connectivity index (χ3n) is 1.93. The van der Waals surface area contributed by atoms with E-state index in [0.29, 0.717) is 11.0 Å². The first-order valence-electron chi connectivity index (χ1n) is 4.55. The van der Waals surface area contributed by atoms with Crippen molar-refractivity contribution in [2.45, 2.75) is 6.92 Å². The molecule has 0 aliphatic carbocycles. The first kappa shape index (κ1) is 9.93. The number of aromatic nitrogens is 2. The molecule has 0 amide bonds. The Balaban J connectivity index is 2.15. The number of hydrogen-bond acceptors (Lipinski definition) is 3. The number of hydrogen-bond donors (Lipinski definition) is 1. The third-order valence-corrected chi connectivity index (χ3v) is 2.12. The maximum atomic E-state index is 5.68. The molecule has 1 aromatic carbocycles. The van der Waals surface area contributed by atoms with Crippen molar-refractivity contribution < 1.29 is 0 Å². The number of aryl methyl sites for hydroxylation is 1. The zero-order valence-corrected chi connectivity index (χ0v) is 8.99. The van der Waals surface area contributed by atoms with Gasteiger partial charge in [0.1, 0.15) is 0 Å². The van der Waals surface area contributed by atoms with Gasteiger partial charge in [0.15, 0.2) is 0 Å². The number of halogens is 1. The molecule has 0 fully saturated rings. The van der Waals surface area contributed by atoms with Gasteiger partial charge in [-0.3, -0.25) is 0 Å². The molecular formula is C11H10ClN3. The second-order valence-corrected chi connectivity index (χ2v) is 3.65. The Kier molecular flexibility index (Phi) is 2.83. The van der Waals surface area contributed by atoms with Crippen LogP contribution in [0.4, 0.5) is 11.6 Å². The summed E-state index contributed by atoms with van der Waals surface area (Å²) in [4.78, 5) is 8.08. The van der Waals surface area contributed by atoms with Crippen molar-refractivity contribution in [1.29, 1.82) is 0 Å². The monoisotopic (exact) mass is 219 g/mol. The molecule has 1 heterocycles. The molecule has 0 radical (unpaired) electrons. The predicted octanol–water partition coefficient (Wildman–Crippen LogP) is 3.18. The lowest BCUT2D eigenvalue weighted by Crippen LogP contribution is -1.95. The Labute approximate surface area is 93.1 Å². The van der Waals surface area contributed by atoms with Gasteiger partial charge in [-0.2, -0.15) is 0 Å². The van der Waals surface area contributed by atoms with E-state index in [1.165, 1.54) is 5.56 Å². The Hall–Kier alpha value is -1.61. The molecular weight excluding hydrogens is 210 g/mol. The number of nitrogens with one attached hydrogen (secondary N) is 1. The summed E-state index contributed by atoms with van der Waals surface area (Å²) in [6.07, 6.45) is 3.12. The lowest BCUT2D eigenvalue weighted by Gasteiger charge is -2.04.